The van der Waals surface area contributed by atoms with Crippen LogP contribution >= 0.6 is 11.8 Å². The van der Waals surface area contributed by atoms with Gasteiger partial charge in [0, 0.05) is 23.0 Å². The number of phenols is 2. The first-order valence-corrected chi connectivity index (χ1v) is 10.7. The molecule has 0 saturated carbocycles. The molecule has 0 atom stereocenters. The van der Waals surface area contributed by atoms with Crippen LogP contribution in [0.15, 0.2) is 90.2 Å². The SMILES string of the molecule is Oc1ccccc1-c1nnc(SCc2ccc(O)c3ncccc23)n1-c1ccccc1. The number of fused-ring (bicyclic) bond motifs is 1. The van der Waals surface area contributed by atoms with Crippen molar-refractivity contribution in [2.75, 3.05) is 0 Å². The minimum absolute atomic E-state index is 0.152. The number of thioether (sulfide) groups is 1. The Labute approximate surface area is 182 Å². The lowest BCUT2D eigenvalue weighted by atomic mass is 10.1. The van der Waals surface area contributed by atoms with Gasteiger partial charge in [0.1, 0.15) is 17.0 Å². The van der Waals surface area contributed by atoms with Gasteiger partial charge in [-0.05, 0) is 42.0 Å². The molecule has 0 aliphatic rings. The van der Waals surface area contributed by atoms with E-state index in [0.717, 1.165) is 16.6 Å². The van der Waals surface area contributed by atoms with Crippen molar-refractivity contribution in [1.29, 1.82) is 0 Å². The Morgan fingerprint density at radius 2 is 1.58 bits per heavy atom. The molecule has 0 aliphatic heterocycles. The molecule has 31 heavy (non-hydrogen) atoms. The molecule has 2 aromatic heterocycles. The maximum atomic E-state index is 10.4. The quantitative estimate of drug-likeness (QED) is 0.377. The van der Waals surface area contributed by atoms with Gasteiger partial charge in [-0.3, -0.25) is 9.55 Å². The summed E-state index contributed by atoms with van der Waals surface area (Å²) in [5, 5.41) is 30.9. The number of aromatic nitrogens is 4. The lowest BCUT2D eigenvalue weighted by Crippen LogP contribution is -2.00. The average Bonchev–Trinajstić information content (AvgIpc) is 3.23. The predicted molar refractivity (Wildman–Crippen MR) is 121 cm³/mol. The van der Waals surface area contributed by atoms with Crippen LogP contribution in [0, 0.1) is 0 Å². The van der Waals surface area contributed by atoms with Gasteiger partial charge in [-0.2, -0.15) is 0 Å². The van der Waals surface area contributed by atoms with E-state index in [9.17, 15) is 10.2 Å². The Morgan fingerprint density at radius 3 is 2.42 bits per heavy atom. The van der Waals surface area contributed by atoms with Gasteiger partial charge in [0.25, 0.3) is 0 Å². The fourth-order valence-corrected chi connectivity index (χ4v) is 4.45. The normalized spacial score (nSPS) is 11.1. The van der Waals surface area contributed by atoms with E-state index in [2.05, 4.69) is 15.2 Å². The maximum Gasteiger partial charge on any atom is 0.196 e. The van der Waals surface area contributed by atoms with Gasteiger partial charge in [-0.15, -0.1) is 10.2 Å². The van der Waals surface area contributed by atoms with Crippen LogP contribution in [-0.4, -0.2) is 30.0 Å². The minimum atomic E-state index is 0.152. The van der Waals surface area contributed by atoms with Crippen LogP contribution < -0.4 is 0 Å². The Hall–Kier alpha value is -3.84. The molecular formula is C24H18N4O2S. The molecule has 0 unspecified atom stereocenters. The highest BCUT2D eigenvalue weighted by atomic mass is 32.2. The van der Waals surface area contributed by atoms with E-state index in [1.54, 1.807) is 24.4 Å². The summed E-state index contributed by atoms with van der Waals surface area (Å²) in [6, 6.07) is 24.3. The van der Waals surface area contributed by atoms with Gasteiger partial charge in [0.2, 0.25) is 0 Å². The summed E-state index contributed by atoms with van der Waals surface area (Å²) < 4.78 is 1.95. The van der Waals surface area contributed by atoms with Crippen molar-refractivity contribution in [2.24, 2.45) is 0 Å². The molecule has 0 bridgehead atoms. The minimum Gasteiger partial charge on any atom is -0.507 e. The highest BCUT2D eigenvalue weighted by Crippen LogP contribution is 2.35. The second-order valence-corrected chi connectivity index (χ2v) is 7.87. The largest absolute Gasteiger partial charge is 0.507 e. The highest BCUT2D eigenvalue weighted by Gasteiger charge is 2.19. The molecule has 6 nitrogen and oxygen atoms in total. The summed E-state index contributed by atoms with van der Waals surface area (Å²) in [7, 11) is 0. The lowest BCUT2D eigenvalue weighted by molar-refractivity contribution is 0.476. The molecule has 3 aromatic carbocycles. The molecule has 152 valence electrons. The van der Waals surface area contributed by atoms with Gasteiger partial charge in [0.15, 0.2) is 11.0 Å². The molecule has 2 heterocycles. The molecule has 0 aliphatic carbocycles. The Balaban J connectivity index is 1.57. The van der Waals surface area contributed by atoms with Gasteiger partial charge in [-0.1, -0.05) is 54.2 Å². The van der Waals surface area contributed by atoms with Crippen molar-refractivity contribution < 1.29 is 10.2 Å². The Bertz CT molecular complexity index is 1370. The zero-order valence-electron chi connectivity index (χ0n) is 16.4. The van der Waals surface area contributed by atoms with Crippen molar-refractivity contribution in [3.8, 4) is 28.6 Å². The summed E-state index contributed by atoms with van der Waals surface area (Å²) in [4.78, 5) is 4.29. The van der Waals surface area contributed by atoms with Crippen LogP contribution in [0.5, 0.6) is 11.5 Å². The van der Waals surface area contributed by atoms with Crippen LogP contribution in [0.4, 0.5) is 0 Å². The van der Waals surface area contributed by atoms with Crippen LogP contribution in [0.3, 0.4) is 0 Å². The van der Waals surface area contributed by atoms with E-state index in [1.807, 2.05) is 65.2 Å². The van der Waals surface area contributed by atoms with Gasteiger partial charge < -0.3 is 10.2 Å². The third kappa shape index (κ3) is 3.60. The summed E-state index contributed by atoms with van der Waals surface area (Å²) in [6.45, 7) is 0. The van der Waals surface area contributed by atoms with E-state index in [4.69, 9.17) is 0 Å². The van der Waals surface area contributed by atoms with Gasteiger partial charge >= 0.3 is 0 Å². The third-order valence-corrected chi connectivity index (χ3v) is 5.97. The molecule has 5 aromatic rings. The van der Waals surface area contributed by atoms with Crippen LogP contribution in [0.1, 0.15) is 5.56 Å². The zero-order chi connectivity index (χ0) is 21.2. The topological polar surface area (TPSA) is 84.1 Å². The summed E-state index contributed by atoms with van der Waals surface area (Å²) in [5.41, 5.74) is 3.15. The third-order valence-electron chi connectivity index (χ3n) is 4.99. The first-order chi connectivity index (χ1) is 15.2. The van der Waals surface area contributed by atoms with Crippen LogP contribution in [0.25, 0.3) is 28.0 Å². The van der Waals surface area contributed by atoms with Gasteiger partial charge in [0.05, 0.1) is 5.56 Å². The summed E-state index contributed by atoms with van der Waals surface area (Å²) in [6.07, 6.45) is 1.67. The Kier molecular flexibility index (Phi) is 5.01. The number of hydrogen-bond acceptors (Lipinski definition) is 6. The van der Waals surface area contributed by atoms with Crippen LogP contribution in [-0.2, 0) is 5.75 Å². The van der Waals surface area contributed by atoms with E-state index in [0.29, 0.717) is 27.8 Å². The second-order valence-electron chi connectivity index (χ2n) is 6.93. The molecule has 0 spiro atoms. The highest BCUT2D eigenvalue weighted by molar-refractivity contribution is 7.98. The predicted octanol–water partition coefficient (Wildman–Crippen LogP) is 5.19. The molecule has 0 saturated heterocycles. The zero-order valence-corrected chi connectivity index (χ0v) is 17.2. The number of aromatic hydroxyl groups is 2. The molecule has 7 heteroatoms. The number of pyridine rings is 1. The monoisotopic (exact) mass is 426 g/mol. The van der Waals surface area contributed by atoms with Gasteiger partial charge in [-0.25, -0.2) is 0 Å². The van der Waals surface area contributed by atoms with E-state index >= 15 is 0 Å². The van der Waals surface area contributed by atoms with Crippen molar-refractivity contribution in [2.45, 2.75) is 10.9 Å². The number of phenolic OH excluding ortho intramolecular Hbond substituents is 2. The van der Waals surface area contributed by atoms with Crippen molar-refractivity contribution in [3.05, 3.63) is 90.6 Å². The van der Waals surface area contributed by atoms with E-state index in [-0.39, 0.29) is 11.5 Å². The van der Waals surface area contributed by atoms with Crippen molar-refractivity contribution in [1.82, 2.24) is 19.7 Å². The Morgan fingerprint density at radius 1 is 0.774 bits per heavy atom. The van der Waals surface area contributed by atoms with Crippen molar-refractivity contribution in [3.63, 3.8) is 0 Å². The number of para-hydroxylation sites is 2. The lowest BCUT2D eigenvalue weighted by Gasteiger charge is -2.12. The standard InChI is InChI=1S/C24H18N4O2S/c29-20-11-5-4-9-19(20)23-26-27-24(28(23)17-7-2-1-3-8-17)31-15-16-12-13-21(30)22-18(16)10-6-14-25-22/h1-14,29-30H,15H2. The maximum absolute atomic E-state index is 10.4. The second kappa shape index (κ2) is 8.12. The fraction of sp³-hybridized carbons (Fsp3) is 0.0417. The molecule has 0 amide bonds. The van der Waals surface area contributed by atoms with E-state index in [1.165, 1.54) is 11.8 Å². The number of hydrogen-bond donors (Lipinski definition) is 2. The molecule has 0 radical (unpaired) electrons. The summed E-state index contributed by atoms with van der Waals surface area (Å²) in [5.74, 6) is 1.51. The number of benzene rings is 3. The first-order valence-electron chi connectivity index (χ1n) is 9.70. The fourth-order valence-electron chi connectivity index (χ4n) is 3.50. The number of rotatable bonds is 5. The molecule has 5 rings (SSSR count). The first kappa shape index (κ1) is 19.1. The summed E-state index contributed by atoms with van der Waals surface area (Å²) >= 11 is 1.54. The molecule has 0 fully saturated rings. The number of nitrogens with zero attached hydrogens (tertiary/aromatic N) is 4. The van der Waals surface area contributed by atoms with E-state index < -0.39 is 0 Å². The van der Waals surface area contributed by atoms with Crippen molar-refractivity contribution >= 4 is 22.7 Å². The van der Waals surface area contributed by atoms with Crippen LogP contribution in [0.2, 0.25) is 0 Å². The molecule has 2 N–H and O–H groups in total. The molecular weight excluding hydrogens is 408 g/mol. The average molecular weight is 427 g/mol. The smallest absolute Gasteiger partial charge is 0.196 e.